The number of benzene rings is 1. The van der Waals surface area contributed by atoms with E-state index in [2.05, 4.69) is 22.3 Å². The number of nitrogens with one attached hydrogen (secondary N) is 1. The molecule has 110 valence electrons. The summed E-state index contributed by atoms with van der Waals surface area (Å²) in [4.78, 5) is 14.6. The van der Waals surface area contributed by atoms with Crippen LogP contribution < -0.4 is 5.32 Å². The summed E-state index contributed by atoms with van der Waals surface area (Å²) in [5, 5.41) is 3.17. The average Bonchev–Trinajstić information content (AvgIpc) is 2.45. The van der Waals surface area contributed by atoms with Crippen LogP contribution in [0.3, 0.4) is 0 Å². The summed E-state index contributed by atoms with van der Waals surface area (Å²) in [5.74, 6) is 0.0674. The van der Waals surface area contributed by atoms with E-state index in [-0.39, 0.29) is 17.5 Å². The van der Waals surface area contributed by atoms with Gasteiger partial charge in [0.05, 0.1) is 13.2 Å². The molecule has 1 aliphatic rings. The molecule has 0 aromatic heterocycles. The summed E-state index contributed by atoms with van der Waals surface area (Å²) < 4.78 is 5.40. The molecule has 4 heteroatoms. The maximum Gasteiger partial charge on any atom is 0.226 e. The molecule has 1 unspecified atom stereocenters. The van der Waals surface area contributed by atoms with Crippen molar-refractivity contribution in [3.8, 4) is 0 Å². The van der Waals surface area contributed by atoms with Crippen molar-refractivity contribution in [1.82, 2.24) is 10.2 Å². The molecule has 1 N–H and O–H groups in total. The van der Waals surface area contributed by atoms with Gasteiger partial charge in [-0.3, -0.25) is 9.69 Å². The lowest BCUT2D eigenvalue weighted by molar-refractivity contribution is -0.131. The van der Waals surface area contributed by atoms with E-state index in [0.29, 0.717) is 13.2 Å². The number of nitrogens with zero attached hydrogens (tertiary/aromatic N) is 1. The maximum atomic E-state index is 12.3. The number of rotatable bonds is 3. The molecule has 1 saturated heterocycles. The van der Waals surface area contributed by atoms with Crippen molar-refractivity contribution in [2.45, 2.75) is 26.9 Å². The molecule has 1 amide bonds. The lowest BCUT2D eigenvalue weighted by Crippen LogP contribution is -2.48. The van der Waals surface area contributed by atoms with Gasteiger partial charge in [0.2, 0.25) is 5.91 Å². The highest BCUT2D eigenvalue weighted by atomic mass is 16.5. The van der Waals surface area contributed by atoms with E-state index in [0.717, 1.165) is 18.7 Å². The van der Waals surface area contributed by atoms with E-state index in [9.17, 15) is 4.79 Å². The van der Waals surface area contributed by atoms with Crippen molar-refractivity contribution in [1.29, 1.82) is 0 Å². The first kappa shape index (κ1) is 15.0. The fourth-order valence-electron chi connectivity index (χ4n) is 2.20. The number of carbonyl (C=O) groups excluding carboxylic acids is 1. The van der Waals surface area contributed by atoms with Gasteiger partial charge in [-0.05, 0) is 5.56 Å². The Morgan fingerprint density at radius 1 is 1.20 bits per heavy atom. The number of hydrogen-bond donors (Lipinski definition) is 1. The molecule has 1 aromatic carbocycles. The van der Waals surface area contributed by atoms with Gasteiger partial charge in [-0.1, -0.05) is 51.1 Å². The van der Waals surface area contributed by atoms with Gasteiger partial charge in [0.15, 0.2) is 0 Å². The molecule has 1 fully saturated rings. The van der Waals surface area contributed by atoms with Crippen molar-refractivity contribution >= 4 is 5.91 Å². The van der Waals surface area contributed by atoms with Crippen LogP contribution in [0.2, 0.25) is 0 Å². The minimum absolute atomic E-state index is 0.0674. The van der Waals surface area contributed by atoms with Crippen molar-refractivity contribution in [3.63, 3.8) is 0 Å². The summed E-state index contributed by atoms with van der Waals surface area (Å²) in [6.07, 6.45) is -0.0770. The Kier molecular flexibility index (Phi) is 4.78. The normalized spacial score (nSPS) is 18.6. The molecule has 0 spiro atoms. The Morgan fingerprint density at radius 2 is 1.80 bits per heavy atom. The van der Waals surface area contributed by atoms with E-state index in [1.807, 2.05) is 39.0 Å². The van der Waals surface area contributed by atoms with E-state index in [1.165, 1.54) is 0 Å². The molecular formula is C16H24N2O2. The fourth-order valence-corrected chi connectivity index (χ4v) is 2.20. The van der Waals surface area contributed by atoms with Gasteiger partial charge in [-0.25, -0.2) is 0 Å². The Morgan fingerprint density at radius 3 is 2.35 bits per heavy atom. The summed E-state index contributed by atoms with van der Waals surface area (Å²) in [5.41, 5.74) is 0.728. The SMILES string of the molecule is CC(C)(C)C(=O)NC(c1ccccc1)N1CCOCC1. The molecule has 2 rings (SSSR count). The predicted octanol–water partition coefficient (Wildman–Crippen LogP) is 2.18. The van der Waals surface area contributed by atoms with E-state index in [1.54, 1.807) is 0 Å². The molecule has 0 bridgehead atoms. The molecule has 20 heavy (non-hydrogen) atoms. The van der Waals surface area contributed by atoms with Gasteiger partial charge in [0, 0.05) is 18.5 Å². The monoisotopic (exact) mass is 276 g/mol. The largest absolute Gasteiger partial charge is 0.379 e. The standard InChI is InChI=1S/C16H24N2O2/c1-16(2,3)15(19)17-14(13-7-5-4-6-8-13)18-9-11-20-12-10-18/h4-8,14H,9-12H2,1-3H3,(H,17,19). The average molecular weight is 276 g/mol. The first-order valence-electron chi connectivity index (χ1n) is 7.16. The third-order valence-corrected chi connectivity index (χ3v) is 3.48. The topological polar surface area (TPSA) is 41.6 Å². The highest BCUT2D eigenvalue weighted by Gasteiger charge is 2.28. The van der Waals surface area contributed by atoms with Gasteiger partial charge in [0.25, 0.3) is 0 Å². The lowest BCUT2D eigenvalue weighted by atomic mass is 9.95. The second-order valence-corrected chi connectivity index (χ2v) is 6.19. The fraction of sp³-hybridized carbons (Fsp3) is 0.562. The predicted molar refractivity (Wildman–Crippen MR) is 79.2 cm³/mol. The van der Waals surface area contributed by atoms with Crippen LogP contribution in [0.1, 0.15) is 32.5 Å². The second kappa shape index (κ2) is 6.37. The van der Waals surface area contributed by atoms with Crippen LogP contribution in [0.15, 0.2) is 30.3 Å². The van der Waals surface area contributed by atoms with E-state index < -0.39 is 0 Å². The number of amides is 1. The summed E-state index contributed by atoms with van der Waals surface area (Å²) in [6, 6.07) is 10.1. The van der Waals surface area contributed by atoms with Gasteiger partial charge in [-0.15, -0.1) is 0 Å². The van der Waals surface area contributed by atoms with Gasteiger partial charge < -0.3 is 10.1 Å². The maximum absolute atomic E-state index is 12.3. The summed E-state index contributed by atoms with van der Waals surface area (Å²) >= 11 is 0. The van der Waals surface area contributed by atoms with Crippen LogP contribution in [0.5, 0.6) is 0 Å². The lowest BCUT2D eigenvalue weighted by Gasteiger charge is -2.36. The van der Waals surface area contributed by atoms with Crippen molar-refractivity contribution in [3.05, 3.63) is 35.9 Å². The van der Waals surface area contributed by atoms with Crippen molar-refractivity contribution in [2.75, 3.05) is 26.3 Å². The zero-order valence-corrected chi connectivity index (χ0v) is 12.6. The van der Waals surface area contributed by atoms with E-state index >= 15 is 0 Å². The third-order valence-electron chi connectivity index (χ3n) is 3.48. The second-order valence-electron chi connectivity index (χ2n) is 6.19. The first-order valence-corrected chi connectivity index (χ1v) is 7.16. The van der Waals surface area contributed by atoms with Crippen molar-refractivity contribution < 1.29 is 9.53 Å². The van der Waals surface area contributed by atoms with Crippen LogP contribution >= 0.6 is 0 Å². The minimum Gasteiger partial charge on any atom is -0.379 e. The van der Waals surface area contributed by atoms with Gasteiger partial charge in [-0.2, -0.15) is 0 Å². The zero-order chi connectivity index (χ0) is 14.6. The van der Waals surface area contributed by atoms with Crippen LogP contribution in [0.4, 0.5) is 0 Å². The van der Waals surface area contributed by atoms with Crippen LogP contribution in [-0.4, -0.2) is 37.1 Å². The molecule has 4 nitrogen and oxygen atoms in total. The number of morpholine rings is 1. The van der Waals surface area contributed by atoms with Crippen molar-refractivity contribution in [2.24, 2.45) is 5.41 Å². The number of hydrogen-bond acceptors (Lipinski definition) is 3. The first-order chi connectivity index (χ1) is 9.48. The Labute approximate surface area is 121 Å². The highest BCUT2D eigenvalue weighted by Crippen LogP contribution is 2.22. The Hall–Kier alpha value is -1.39. The minimum atomic E-state index is -0.390. The highest BCUT2D eigenvalue weighted by molar-refractivity contribution is 5.81. The molecule has 0 saturated carbocycles. The molecule has 1 atom stereocenters. The quantitative estimate of drug-likeness (QED) is 0.920. The summed E-state index contributed by atoms with van der Waals surface area (Å²) in [6.45, 7) is 8.91. The molecule has 1 aromatic rings. The Bertz CT molecular complexity index is 434. The van der Waals surface area contributed by atoms with Gasteiger partial charge in [0.1, 0.15) is 6.17 Å². The zero-order valence-electron chi connectivity index (χ0n) is 12.6. The smallest absolute Gasteiger partial charge is 0.226 e. The molecule has 0 radical (unpaired) electrons. The summed E-state index contributed by atoms with van der Waals surface area (Å²) in [7, 11) is 0. The van der Waals surface area contributed by atoms with Crippen LogP contribution in [0, 0.1) is 5.41 Å². The molecule has 1 aliphatic heterocycles. The van der Waals surface area contributed by atoms with Crippen LogP contribution in [-0.2, 0) is 9.53 Å². The molecular weight excluding hydrogens is 252 g/mol. The van der Waals surface area contributed by atoms with Gasteiger partial charge >= 0.3 is 0 Å². The van der Waals surface area contributed by atoms with Crippen LogP contribution in [0.25, 0.3) is 0 Å². The Balaban J connectivity index is 2.18. The molecule has 0 aliphatic carbocycles. The third kappa shape index (κ3) is 3.81. The number of carbonyl (C=O) groups is 1. The molecule has 1 heterocycles. The van der Waals surface area contributed by atoms with E-state index in [4.69, 9.17) is 4.74 Å². The number of ether oxygens (including phenoxy) is 1.